The Bertz CT molecular complexity index is 752. The third-order valence-corrected chi connectivity index (χ3v) is 7.82. The topological polar surface area (TPSA) is 0 Å². The molecule has 0 saturated heterocycles. The van der Waals surface area contributed by atoms with Crippen LogP contribution in [0.5, 0.6) is 0 Å². The molecule has 0 bridgehead atoms. The van der Waals surface area contributed by atoms with Gasteiger partial charge in [0.15, 0.2) is 11.6 Å². The van der Waals surface area contributed by atoms with Gasteiger partial charge in [0.1, 0.15) is 0 Å². The lowest BCUT2D eigenvalue weighted by Crippen LogP contribution is -2.13. The zero-order chi connectivity index (χ0) is 22.8. The second-order valence-corrected chi connectivity index (χ2v) is 10.3. The van der Waals surface area contributed by atoms with Crippen molar-refractivity contribution in [2.45, 2.75) is 110 Å². The Kier molecular flexibility index (Phi) is 10.5. The predicted molar refractivity (Wildman–Crippen MR) is 134 cm³/mol. The molecule has 3 rings (SSSR count). The summed E-state index contributed by atoms with van der Waals surface area (Å²) in [7, 11) is 0. The highest BCUT2D eigenvalue weighted by Crippen LogP contribution is 2.35. The van der Waals surface area contributed by atoms with Crippen molar-refractivity contribution in [3.8, 4) is 0 Å². The predicted octanol–water partition coefficient (Wildman–Crippen LogP) is 9.82. The van der Waals surface area contributed by atoms with Crippen molar-refractivity contribution in [1.29, 1.82) is 0 Å². The molecule has 32 heavy (non-hydrogen) atoms. The Hall–Kier alpha value is -1.44. The van der Waals surface area contributed by atoms with E-state index in [-0.39, 0.29) is 0 Å². The van der Waals surface area contributed by atoms with Gasteiger partial charge in [-0.15, -0.1) is 0 Å². The summed E-state index contributed by atoms with van der Waals surface area (Å²) in [6.07, 6.45) is 24.2. The molecule has 1 aromatic carbocycles. The monoisotopic (exact) mass is 442 g/mol. The molecule has 0 heterocycles. The van der Waals surface area contributed by atoms with Gasteiger partial charge in [0.25, 0.3) is 0 Å². The molecule has 1 atom stereocenters. The highest BCUT2D eigenvalue weighted by atomic mass is 19.2. The Morgan fingerprint density at radius 1 is 0.875 bits per heavy atom. The molecule has 0 aliphatic heterocycles. The molecule has 178 valence electrons. The Labute approximate surface area is 195 Å². The van der Waals surface area contributed by atoms with E-state index in [0.717, 1.165) is 37.2 Å². The van der Waals surface area contributed by atoms with Crippen LogP contribution in [0.1, 0.15) is 115 Å². The maximum absolute atomic E-state index is 14.8. The van der Waals surface area contributed by atoms with Crippen LogP contribution in [0.15, 0.2) is 30.4 Å². The number of hydrogen-bond acceptors (Lipinski definition) is 0. The molecule has 2 heteroatoms. The maximum atomic E-state index is 14.8. The van der Waals surface area contributed by atoms with Gasteiger partial charge in [-0.2, -0.15) is 0 Å². The van der Waals surface area contributed by atoms with Crippen molar-refractivity contribution in [3.05, 3.63) is 53.1 Å². The molecule has 1 fully saturated rings. The van der Waals surface area contributed by atoms with Crippen LogP contribution in [0.25, 0.3) is 5.57 Å². The van der Waals surface area contributed by atoms with E-state index in [0.29, 0.717) is 29.4 Å². The lowest BCUT2D eigenvalue weighted by molar-refractivity contribution is 0.289. The van der Waals surface area contributed by atoms with E-state index in [1.54, 1.807) is 0 Å². The molecule has 0 amide bonds. The van der Waals surface area contributed by atoms with Crippen LogP contribution in [-0.4, -0.2) is 0 Å². The Balaban J connectivity index is 1.46. The van der Waals surface area contributed by atoms with Crippen molar-refractivity contribution < 1.29 is 8.78 Å². The number of unbranched alkanes of at least 4 members (excludes halogenated alkanes) is 2. The first-order valence-electron chi connectivity index (χ1n) is 13.4. The van der Waals surface area contributed by atoms with Crippen LogP contribution in [0.2, 0.25) is 0 Å². The molecule has 2 aliphatic carbocycles. The zero-order valence-corrected chi connectivity index (χ0v) is 20.5. The van der Waals surface area contributed by atoms with E-state index >= 15 is 0 Å². The number of halogens is 2. The van der Waals surface area contributed by atoms with Crippen molar-refractivity contribution in [3.63, 3.8) is 0 Å². The molecule has 2 aliphatic rings. The molecular formula is C30H44F2. The summed E-state index contributed by atoms with van der Waals surface area (Å²) in [5, 5.41) is 0. The number of aryl methyl sites for hydroxylation is 1. The SMILES string of the molecule is CCCCCC1CCC(C=CCCc2ccc(C3=CCC(CCC)CC3)c(F)c2F)CC1. The van der Waals surface area contributed by atoms with Gasteiger partial charge in [-0.3, -0.25) is 0 Å². The molecule has 0 aromatic heterocycles. The van der Waals surface area contributed by atoms with Crippen LogP contribution in [0, 0.1) is 29.4 Å². The first-order valence-corrected chi connectivity index (χ1v) is 13.4. The summed E-state index contributed by atoms with van der Waals surface area (Å²) in [5.74, 6) is 1.03. The smallest absolute Gasteiger partial charge is 0.166 e. The largest absolute Gasteiger partial charge is 0.203 e. The lowest BCUT2D eigenvalue weighted by atomic mass is 9.79. The Morgan fingerprint density at radius 3 is 2.38 bits per heavy atom. The Morgan fingerprint density at radius 2 is 1.69 bits per heavy atom. The standard InChI is InChI=1S/C30H44F2/c1-3-5-6-10-24-13-15-25(16-14-24)11-7-8-12-27-21-22-28(30(32)29(27)31)26-19-17-23(9-4-2)18-20-26/h7,11,19,21-25H,3-6,8-10,12-18,20H2,1-2H3. The summed E-state index contributed by atoms with van der Waals surface area (Å²) in [6.45, 7) is 4.48. The zero-order valence-electron chi connectivity index (χ0n) is 20.5. The van der Waals surface area contributed by atoms with Crippen molar-refractivity contribution in [1.82, 2.24) is 0 Å². The summed E-state index contributed by atoms with van der Waals surface area (Å²) in [6, 6.07) is 3.62. The van der Waals surface area contributed by atoms with Gasteiger partial charge in [-0.05, 0) is 86.7 Å². The molecule has 1 saturated carbocycles. The first kappa shape index (κ1) is 25.2. The molecular weight excluding hydrogens is 398 g/mol. The van der Waals surface area contributed by atoms with E-state index in [2.05, 4.69) is 32.1 Å². The van der Waals surface area contributed by atoms with E-state index in [1.807, 2.05) is 12.1 Å². The molecule has 1 unspecified atom stereocenters. The molecule has 0 spiro atoms. The third-order valence-electron chi connectivity index (χ3n) is 7.82. The summed E-state index contributed by atoms with van der Waals surface area (Å²) >= 11 is 0. The van der Waals surface area contributed by atoms with Crippen LogP contribution < -0.4 is 0 Å². The average molecular weight is 443 g/mol. The molecule has 0 N–H and O–H groups in total. The summed E-state index contributed by atoms with van der Waals surface area (Å²) < 4.78 is 29.5. The van der Waals surface area contributed by atoms with Gasteiger partial charge >= 0.3 is 0 Å². The van der Waals surface area contributed by atoms with Gasteiger partial charge in [-0.25, -0.2) is 8.78 Å². The number of allylic oxidation sites excluding steroid dienone is 4. The van der Waals surface area contributed by atoms with E-state index in [1.165, 1.54) is 64.2 Å². The minimum Gasteiger partial charge on any atom is -0.203 e. The van der Waals surface area contributed by atoms with Crippen LogP contribution in [0.4, 0.5) is 8.78 Å². The normalized spacial score (nSPS) is 24.1. The molecule has 1 aromatic rings. The highest BCUT2D eigenvalue weighted by molar-refractivity contribution is 5.67. The fourth-order valence-corrected chi connectivity index (χ4v) is 5.71. The van der Waals surface area contributed by atoms with Crippen LogP contribution >= 0.6 is 0 Å². The van der Waals surface area contributed by atoms with Crippen molar-refractivity contribution in [2.24, 2.45) is 17.8 Å². The minimum absolute atomic E-state index is 0.479. The number of rotatable bonds is 11. The van der Waals surface area contributed by atoms with Gasteiger partial charge in [0.05, 0.1) is 0 Å². The van der Waals surface area contributed by atoms with E-state index < -0.39 is 11.6 Å². The fourth-order valence-electron chi connectivity index (χ4n) is 5.71. The summed E-state index contributed by atoms with van der Waals surface area (Å²) in [5.41, 5.74) is 1.98. The average Bonchev–Trinajstić information content (AvgIpc) is 2.81. The fraction of sp³-hybridized carbons (Fsp3) is 0.667. The lowest BCUT2D eigenvalue weighted by Gasteiger charge is -2.26. The van der Waals surface area contributed by atoms with Gasteiger partial charge in [-0.1, -0.05) is 82.7 Å². The number of benzene rings is 1. The highest BCUT2D eigenvalue weighted by Gasteiger charge is 2.21. The quantitative estimate of drug-likeness (QED) is 0.236. The van der Waals surface area contributed by atoms with Crippen LogP contribution in [-0.2, 0) is 6.42 Å². The van der Waals surface area contributed by atoms with Gasteiger partial charge < -0.3 is 0 Å². The summed E-state index contributed by atoms with van der Waals surface area (Å²) in [4.78, 5) is 0. The van der Waals surface area contributed by atoms with Crippen molar-refractivity contribution >= 4 is 5.57 Å². The molecule has 0 radical (unpaired) electrons. The molecule has 0 nitrogen and oxygen atoms in total. The van der Waals surface area contributed by atoms with Crippen molar-refractivity contribution in [2.75, 3.05) is 0 Å². The van der Waals surface area contributed by atoms with E-state index in [4.69, 9.17) is 0 Å². The second-order valence-electron chi connectivity index (χ2n) is 10.3. The second kappa shape index (κ2) is 13.3. The third kappa shape index (κ3) is 7.29. The minimum atomic E-state index is -0.645. The maximum Gasteiger partial charge on any atom is 0.166 e. The van der Waals surface area contributed by atoms with Gasteiger partial charge in [0.2, 0.25) is 0 Å². The number of hydrogen-bond donors (Lipinski definition) is 0. The first-order chi connectivity index (χ1) is 15.6. The van der Waals surface area contributed by atoms with Crippen LogP contribution in [0.3, 0.4) is 0 Å². The van der Waals surface area contributed by atoms with Gasteiger partial charge in [0, 0.05) is 5.56 Å². The van der Waals surface area contributed by atoms with E-state index in [9.17, 15) is 8.78 Å².